The number of nitrogens with two attached hydrogens (primary N) is 1. The molecule has 168 valence electrons. The molecular formula is C21H14F6N2O3. The molecule has 0 saturated heterocycles. The van der Waals surface area contributed by atoms with Crippen LogP contribution in [-0.4, -0.2) is 17.3 Å². The molecule has 0 amide bonds. The molecule has 0 aromatic heterocycles. The van der Waals surface area contributed by atoms with Crippen LogP contribution in [0.4, 0.5) is 37.7 Å². The molecule has 0 atom stereocenters. The van der Waals surface area contributed by atoms with Gasteiger partial charge in [-0.15, -0.1) is 0 Å². The molecule has 0 bridgehead atoms. The summed E-state index contributed by atoms with van der Waals surface area (Å²) < 4.78 is 89.7. The maximum atomic E-state index is 14.1. The molecule has 0 radical (unpaired) electrons. The summed E-state index contributed by atoms with van der Waals surface area (Å²) in [6, 6.07) is 11.4. The molecule has 3 aromatic rings. The van der Waals surface area contributed by atoms with E-state index in [0.717, 1.165) is 36.4 Å². The summed E-state index contributed by atoms with van der Waals surface area (Å²) >= 11 is 0. The van der Waals surface area contributed by atoms with E-state index in [4.69, 9.17) is 10.5 Å². The zero-order chi connectivity index (χ0) is 23.7. The van der Waals surface area contributed by atoms with Gasteiger partial charge in [-0.25, -0.2) is 0 Å². The fraction of sp³-hybridized carbons (Fsp3) is 0.143. The van der Waals surface area contributed by atoms with Gasteiger partial charge in [0.15, 0.2) is 0 Å². The van der Waals surface area contributed by atoms with Crippen molar-refractivity contribution < 1.29 is 36.0 Å². The van der Waals surface area contributed by atoms with Crippen molar-refractivity contribution in [3.8, 4) is 11.5 Å². The van der Waals surface area contributed by atoms with Gasteiger partial charge in [0.25, 0.3) is 5.69 Å². The smallest absolute Gasteiger partial charge is 0.411 e. The number of benzene rings is 3. The number of nitrogen functional groups attached to an aromatic ring is 1. The molecule has 0 heterocycles. The minimum Gasteiger partial charge on any atom is -0.457 e. The molecule has 0 saturated carbocycles. The average Bonchev–Trinajstić information content (AvgIpc) is 2.69. The van der Waals surface area contributed by atoms with Crippen molar-refractivity contribution >= 4 is 11.4 Å². The number of ether oxygens (including phenoxy) is 1. The van der Waals surface area contributed by atoms with Crippen molar-refractivity contribution in [3.63, 3.8) is 0 Å². The molecule has 0 aliphatic heterocycles. The molecule has 32 heavy (non-hydrogen) atoms. The summed E-state index contributed by atoms with van der Waals surface area (Å²) in [5.41, 5.74) is -1.15. The second-order valence-electron chi connectivity index (χ2n) is 6.74. The first kappa shape index (κ1) is 22.9. The third-order valence-corrected chi connectivity index (χ3v) is 4.76. The fourth-order valence-electron chi connectivity index (χ4n) is 3.26. The largest absolute Gasteiger partial charge is 0.457 e. The van der Waals surface area contributed by atoms with E-state index in [1.54, 1.807) is 0 Å². The number of anilines is 1. The van der Waals surface area contributed by atoms with Crippen LogP contribution in [0.25, 0.3) is 0 Å². The van der Waals surface area contributed by atoms with E-state index in [1.807, 2.05) is 0 Å². The number of nitro benzene ring substituents is 1. The molecule has 0 aliphatic carbocycles. The zero-order valence-corrected chi connectivity index (χ0v) is 15.9. The Kier molecular flexibility index (Phi) is 5.77. The first-order valence-corrected chi connectivity index (χ1v) is 8.88. The lowest BCUT2D eigenvalue weighted by molar-refractivity contribution is -0.384. The summed E-state index contributed by atoms with van der Waals surface area (Å²) in [6.07, 6.45) is -11.4. The predicted molar refractivity (Wildman–Crippen MR) is 103 cm³/mol. The number of non-ortho nitro benzene ring substituents is 1. The van der Waals surface area contributed by atoms with Gasteiger partial charge in [-0.1, -0.05) is 24.3 Å². The Morgan fingerprint density at radius 3 is 1.44 bits per heavy atom. The fourth-order valence-corrected chi connectivity index (χ4v) is 3.26. The number of halogens is 6. The highest BCUT2D eigenvalue weighted by molar-refractivity contribution is 5.50. The molecule has 0 aliphatic rings. The third kappa shape index (κ3) is 4.05. The van der Waals surface area contributed by atoms with E-state index in [9.17, 15) is 36.5 Å². The summed E-state index contributed by atoms with van der Waals surface area (Å²) in [5, 5.41) is 10.7. The van der Waals surface area contributed by atoms with Gasteiger partial charge < -0.3 is 10.5 Å². The summed E-state index contributed by atoms with van der Waals surface area (Å²) in [5.74, 6) is 0.0537. The summed E-state index contributed by atoms with van der Waals surface area (Å²) in [6.45, 7) is 0. The van der Waals surface area contributed by atoms with E-state index >= 15 is 0 Å². The molecule has 0 unspecified atom stereocenters. The SMILES string of the molecule is Nc1ccc(C(c2ccc(Oc3ccc([N+](=O)[O-])cc3)cc2)(C(F)(F)F)C(F)(F)F)cc1. The Balaban J connectivity index is 2.04. The van der Waals surface area contributed by atoms with E-state index in [-0.39, 0.29) is 22.9 Å². The first-order valence-electron chi connectivity index (χ1n) is 8.88. The number of nitro groups is 1. The van der Waals surface area contributed by atoms with Crippen LogP contribution in [0.15, 0.2) is 72.8 Å². The van der Waals surface area contributed by atoms with Gasteiger partial charge in [-0.2, -0.15) is 26.3 Å². The second-order valence-corrected chi connectivity index (χ2v) is 6.74. The number of hydrogen-bond donors (Lipinski definition) is 1. The zero-order valence-electron chi connectivity index (χ0n) is 15.9. The Morgan fingerprint density at radius 2 is 1.06 bits per heavy atom. The Morgan fingerprint density at radius 1 is 0.688 bits per heavy atom. The van der Waals surface area contributed by atoms with Crippen LogP contribution < -0.4 is 10.5 Å². The van der Waals surface area contributed by atoms with Gasteiger partial charge in [-0.05, 0) is 47.5 Å². The Labute approximate surface area is 177 Å². The van der Waals surface area contributed by atoms with Crippen LogP contribution in [-0.2, 0) is 5.41 Å². The topological polar surface area (TPSA) is 78.4 Å². The van der Waals surface area contributed by atoms with Gasteiger partial charge in [0.1, 0.15) is 11.5 Å². The number of nitrogens with zero attached hydrogens (tertiary/aromatic N) is 1. The second kappa shape index (κ2) is 8.06. The molecule has 0 fully saturated rings. The minimum absolute atomic E-state index is 0.0128. The van der Waals surface area contributed by atoms with Crippen LogP contribution in [0.1, 0.15) is 11.1 Å². The number of hydrogen-bond acceptors (Lipinski definition) is 4. The molecule has 11 heteroatoms. The van der Waals surface area contributed by atoms with Gasteiger partial charge in [0.05, 0.1) is 4.92 Å². The first-order chi connectivity index (χ1) is 14.9. The van der Waals surface area contributed by atoms with E-state index < -0.39 is 33.8 Å². The molecule has 0 spiro atoms. The molecule has 2 N–H and O–H groups in total. The van der Waals surface area contributed by atoms with Crippen molar-refractivity contribution in [2.24, 2.45) is 0 Å². The number of rotatable bonds is 5. The van der Waals surface area contributed by atoms with Gasteiger partial charge in [0, 0.05) is 17.8 Å². The quantitative estimate of drug-likeness (QED) is 0.209. The molecule has 5 nitrogen and oxygen atoms in total. The highest BCUT2D eigenvalue weighted by atomic mass is 19.4. The standard InChI is InChI=1S/C21H14F6N2O3/c22-20(23,24)19(21(25,26)27,13-1-5-15(28)6-2-13)14-3-9-17(10-4-14)32-18-11-7-16(8-12-18)29(30)31/h1-12H,28H2. The maximum absolute atomic E-state index is 14.1. The van der Waals surface area contributed by atoms with Crippen molar-refractivity contribution in [3.05, 3.63) is 94.0 Å². The minimum atomic E-state index is -5.72. The lowest BCUT2D eigenvalue weighted by atomic mass is 9.73. The van der Waals surface area contributed by atoms with Crippen LogP contribution in [0, 0.1) is 10.1 Å². The third-order valence-electron chi connectivity index (χ3n) is 4.76. The lowest BCUT2D eigenvalue weighted by Crippen LogP contribution is -2.54. The summed E-state index contributed by atoms with van der Waals surface area (Å²) in [4.78, 5) is 10.0. The predicted octanol–water partition coefficient (Wildman–Crippen LogP) is 6.38. The molecular weight excluding hydrogens is 442 g/mol. The summed E-state index contributed by atoms with van der Waals surface area (Å²) in [7, 11) is 0. The van der Waals surface area contributed by atoms with Crippen molar-refractivity contribution in [2.45, 2.75) is 17.8 Å². The van der Waals surface area contributed by atoms with Gasteiger partial charge in [0.2, 0.25) is 5.41 Å². The lowest BCUT2D eigenvalue weighted by Gasteiger charge is -2.38. The van der Waals surface area contributed by atoms with Crippen molar-refractivity contribution in [2.75, 3.05) is 5.73 Å². The van der Waals surface area contributed by atoms with Crippen LogP contribution in [0.2, 0.25) is 0 Å². The maximum Gasteiger partial charge on any atom is 0.411 e. The van der Waals surface area contributed by atoms with E-state index in [2.05, 4.69) is 0 Å². The Hall–Kier alpha value is -3.76. The molecule has 3 aromatic carbocycles. The van der Waals surface area contributed by atoms with E-state index in [1.165, 1.54) is 12.1 Å². The van der Waals surface area contributed by atoms with Crippen LogP contribution in [0.3, 0.4) is 0 Å². The van der Waals surface area contributed by atoms with Gasteiger partial charge in [-0.3, -0.25) is 10.1 Å². The Bertz CT molecular complexity index is 1080. The molecule has 3 rings (SSSR count). The normalized spacial score (nSPS) is 12.4. The average molecular weight is 456 g/mol. The highest BCUT2D eigenvalue weighted by Crippen LogP contribution is 2.56. The highest BCUT2D eigenvalue weighted by Gasteiger charge is 2.72. The van der Waals surface area contributed by atoms with Crippen molar-refractivity contribution in [1.82, 2.24) is 0 Å². The van der Waals surface area contributed by atoms with Crippen LogP contribution in [0.5, 0.6) is 11.5 Å². The van der Waals surface area contributed by atoms with E-state index in [0.29, 0.717) is 24.3 Å². The van der Waals surface area contributed by atoms with Crippen LogP contribution >= 0.6 is 0 Å². The van der Waals surface area contributed by atoms with Gasteiger partial charge >= 0.3 is 12.4 Å². The van der Waals surface area contributed by atoms with Crippen molar-refractivity contribution in [1.29, 1.82) is 0 Å². The monoisotopic (exact) mass is 456 g/mol. The number of alkyl halides is 6.